The molecule has 4 heteroatoms. The Hall–Kier alpha value is -2.07. The van der Waals surface area contributed by atoms with Gasteiger partial charge in [-0.3, -0.25) is 4.79 Å². The molecule has 19 heavy (non-hydrogen) atoms. The highest BCUT2D eigenvalue weighted by atomic mass is 79.9. The van der Waals surface area contributed by atoms with Crippen LogP contribution in [0.4, 0.5) is 5.69 Å². The molecule has 2 aromatic carbocycles. The number of carbonyl (C=O) groups is 1. The van der Waals surface area contributed by atoms with Gasteiger partial charge in [-0.1, -0.05) is 30.3 Å². The van der Waals surface area contributed by atoms with E-state index in [9.17, 15) is 4.79 Å². The quantitative estimate of drug-likeness (QED) is 0.759. The summed E-state index contributed by atoms with van der Waals surface area (Å²) in [6, 6.07) is 16.7. The van der Waals surface area contributed by atoms with E-state index in [-0.39, 0.29) is 5.91 Å². The Bertz CT molecular complexity index is 734. The van der Waals surface area contributed by atoms with E-state index in [0.29, 0.717) is 11.3 Å². The minimum Gasteiger partial charge on any atom is -0.450 e. The standard InChI is InChI=1S/C15H10BrNO2/c16-12-8-4-5-10-9-13(19-14(10)12)15(18)17-11-6-2-1-3-7-11/h1-9H,(H,17,18). The first-order chi connectivity index (χ1) is 9.24. The number of halogens is 1. The van der Waals surface area contributed by atoms with Crippen molar-refractivity contribution in [1.82, 2.24) is 0 Å². The molecule has 3 nitrogen and oxygen atoms in total. The van der Waals surface area contributed by atoms with Crippen LogP contribution in [0.5, 0.6) is 0 Å². The predicted molar refractivity (Wildman–Crippen MR) is 78.3 cm³/mol. The lowest BCUT2D eigenvalue weighted by atomic mass is 10.2. The van der Waals surface area contributed by atoms with Crippen molar-refractivity contribution in [2.24, 2.45) is 0 Å². The van der Waals surface area contributed by atoms with Crippen LogP contribution in [0.2, 0.25) is 0 Å². The zero-order valence-corrected chi connectivity index (χ0v) is 11.5. The van der Waals surface area contributed by atoms with Crippen molar-refractivity contribution in [2.75, 3.05) is 5.32 Å². The number of anilines is 1. The number of amides is 1. The van der Waals surface area contributed by atoms with Gasteiger partial charge < -0.3 is 9.73 Å². The molecule has 1 amide bonds. The highest BCUT2D eigenvalue weighted by Crippen LogP contribution is 2.27. The summed E-state index contributed by atoms with van der Waals surface area (Å²) in [7, 11) is 0. The number of nitrogens with one attached hydrogen (secondary N) is 1. The Morgan fingerprint density at radius 3 is 2.58 bits per heavy atom. The smallest absolute Gasteiger partial charge is 0.291 e. The molecule has 0 saturated carbocycles. The summed E-state index contributed by atoms with van der Waals surface area (Å²) in [6.45, 7) is 0. The third-order valence-corrected chi connectivity index (χ3v) is 3.38. The number of carbonyl (C=O) groups excluding carboxylic acids is 1. The van der Waals surface area contributed by atoms with E-state index in [1.54, 1.807) is 6.07 Å². The molecular weight excluding hydrogens is 306 g/mol. The first-order valence-electron chi connectivity index (χ1n) is 5.78. The normalized spacial score (nSPS) is 10.6. The maximum atomic E-state index is 12.1. The zero-order valence-electron chi connectivity index (χ0n) is 9.89. The molecule has 0 atom stereocenters. The van der Waals surface area contributed by atoms with E-state index in [2.05, 4.69) is 21.2 Å². The second-order valence-corrected chi connectivity index (χ2v) is 4.94. The summed E-state index contributed by atoms with van der Waals surface area (Å²) in [5, 5.41) is 3.69. The fourth-order valence-corrected chi connectivity index (χ4v) is 2.32. The van der Waals surface area contributed by atoms with Crippen LogP contribution in [-0.2, 0) is 0 Å². The fraction of sp³-hybridized carbons (Fsp3) is 0. The Morgan fingerprint density at radius 2 is 1.84 bits per heavy atom. The molecule has 0 bridgehead atoms. The van der Waals surface area contributed by atoms with Gasteiger partial charge >= 0.3 is 0 Å². The van der Waals surface area contributed by atoms with Crippen molar-refractivity contribution in [3.8, 4) is 0 Å². The molecule has 0 fully saturated rings. The highest BCUT2D eigenvalue weighted by Gasteiger charge is 2.13. The molecule has 0 aliphatic rings. The molecule has 0 saturated heterocycles. The van der Waals surface area contributed by atoms with Crippen molar-refractivity contribution in [2.45, 2.75) is 0 Å². The van der Waals surface area contributed by atoms with Crippen molar-refractivity contribution >= 4 is 38.5 Å². The lowest BCUT2D eigenvalue weighted by molar-refractivity contribution is 0.0998. The summed E-state index contributed by atoms with van der Waals surface area (Å²) in [6.07, 6.45) is 0. The largest absolute Gasteiger partial charge is 0.450 e. The Kier molecular flexibility index (Phi) is 3.09. The highest BCUT2D eigenvalue weighted by molar-refractivity contribution is 9.10. The summed E-state index contributed by atoms with van der Waals surface area (Å²) >= 11 is 3.40. The summed E-state index contributed by atoms with van der Waals surface area (Å²) in [4.78, 5) is 12.1. The van der Waals surface area contributed by atoms with Crippen LogP contribution in [-0.4, -0.2) is 5.91 Å². The molecular formula is C15H10BrNO2. The third kappa shape index (κ3) is 2.39. The SMILES string of the molecule is O=C(Nc1ccccc1)c1cc2cccc(Br)c2o1. The van der Waals surface area contributed by atoms with Crippen LogP contribution in [0.1, 0.15) is 10.6 Å². The van der Waals surface area contributed by atoms with Crippen LogP contribution >= 0.6 is 15.9 Å². The molecule has 1 N–H and O–H groups in total. The maximum Gasteiger partial charge on any atom is 0.291 e. The monoisotopic (exact) mass is 315 g/mol. The molecule has 0 spiro atoms. The first kappa shape index (κ1) is 12.0. The van der Waals surface area contributed by atoms with Crippen molar-refractivity contribution < 1.29 is 9.21 Å². The Balaban J connectivity index is 1.92. The van der Waals surface area contributed by atoms with Gasteiger partial charge in [0, 0.05) is 11.1 Å². The fourth-order valence-electron chi connectivity index (χ4n) is 1.85. The number of benzene rings is 2. The van der Waals surface area contributed by atoms with Gasteiger partial charge in [-0.05, 0) is 40.2 Å². The predicted octanol–water partition coefficient (Wildman–Crippen LogP) is 4.45. The molecule has 0 aliphatic carbocycles. The number of furan rings is 1. The van der Waals surface area contributed by atoms with Gasteiger partial charge in [0.05, 0.1) is 4.47 Å². The molecule has 1 aromatic heterocycles. The average molecular weight is 316 g/mol. The van der Waals surface area contributed by atoms with Crippen LogP contribution in [0.3, 0.4) is 0 Å². The van der Waals surface area contributed by atoms with Gasteiger partial charge in [0.2, 0.25) is 0 Å². The summed E-state index contributed by atoms with van der Waals surface area (Å²) in [5.41, 5.74) is 1.42. The van der Waals surface area contributed by atoms with Crippen LogP contribution < -0.4 is 5.32 Å². The minimum atomic E-state index is -0.255. The maximum absolute atomic E-state index is 12.1. The third-order valence-electron chi connectivity index (χ3n) is 2.75. The van der Waals surface area contributed by atoms with Gasteiger partial charge in [-0.25, -0.2) is 0 Å². The van der Waals surface area contributed by atoms with E-state index < -0.39 is 0 Å². The first-order valence-corrected chi connectivity index (χ1v) is 6.58. The second-order valence-electron chi connectivity index (χ2n) is 4.09. The van der Waals surface area contributed by atoms with E-state index >= 15 is 0 Å². The summed E-state index contributed by atoms with van der Waals surface area (Å²) in [5.74, 6) is 0.0417. The lowest BCUT2D eigenvalue weighted by Crippen LogP contribution is -2.10. The van der Waals surface area contributed by atoms with Gasteiger partial charge in [-0.15, -0.1) is 0 Å². The van der Waals surface area contributed by atoms with Crippen molar-refractivity contribution in [1.29, 1.82) is 0 Å². The Labute approximate surface area is 118 Å². The van der Waals surface area contributed by atoms with Crippen LogP contribution in [0, 0.1) is 0 Å². The van der Waals surface area contributed by atoms with Gasteiger partial charge in [0.25, 0.3) is 5.91 Å². The molecule has 94 valence electrons. The molecule has 0 aliphatic heterocycles. The molecule has 1 heterocycles. The number of rotatable bonds is 2. The number of hydrogen-bond donors (Lipinski definition) is 1. The molecule has 3 aromatic rings. The Morgan fingerprint density at radius 1 is 1.05 bits per heavy atom. The second kappa shape index (κ2) is 4.90. The van der Waals surface area contributed by atoms with E-state index in [1.807, 2.05) is 48.5 Å². The van der Waals surface area contributed by atoms with Crippen LogP contribution in [0.15, 0.2) is 63.5 Å². The van der Waals surface area contributed by atoms with Crippen LogP contribution in [0.25, 0.3) is 11.0 Å². The summed E-state index contributed by atoms with van der Waals surface area (Å²) < 4.78 is 6.41. The average Bonchev–Trinajstić information content (AvgIpc) is 2.85. The molecule has 0 radical (unpaired) electrons. The van der Waals surface area contributed by atoms with E-state index in [1.165, 1.54) is 0 Å². The minimum absolute atomic E-state index is 0.255. The topological polar surface area (TPSA) is 42.2 Å². The van der Waals surface area contributed by atoms with Crippen molar-refractivity contribution in [3.05, 3.63) is 64.8 Å². The molecule has 0 unspecified atom stereocenters. The van der Waals surface area contributed by atoms with Gasteiger partial charge in [0.1, 0.15) is 5.58 Å². The van der Waals surface area contributed by atoms with Gasteiger partial charge in [0.15, 0.2) is 5.76 Å². The lowest BCUT2D eigenvalue weighted by Gasteiger charge is -2.01. The number of para-hydroxylation sites is 2. The number of fused-ring (bicyclic) bond motifs is 1. The zero-order chi connectivity index (χ0) is 13.2. The molecule has 3 rings (SSSR count). The number of hydrogen-bond acceptors (Lipinski definition) is 2. The van der Waals surface area contributed by atoms with E-state index in [4.69, 9.17) is 4.42 Å². The van der Waals surface area contributed by atoms with Crippen molar-refractivity contribution in [3.63, 3.8) is 0 Å². The van der Waals surface area contributed by atoms with Gasteiger partial charge in [-0.2, -0.15) is 0 Å². The van der Waals surface area contributed by atoms with E-state index in [0.717, 1.165) is 15.5 Å².